The zero-order chi connectivity index (χ0) is 8.97. The zero-order valence-corrected chi connectivity index (χ0v) is 8.23. The maximum Gasteiger partial charge on any atom is 0.0392 e. The van der Waals surface area contributed by atoms with Crippen molar-refractivity contribution in [2.45, 2.75) is 25.8 Å². The highest BCUT2D eigenvalue weighted by Gasteiger charge is 2.08. The molecule has 0 spiro atoms. The Kier molecular flexibility index (Phi) is 3.72. The number of rotatable bonds is 4. The first-order valence-corrected chi connectivity index (χ1v) is 5.13. The Labute approximate surface area is 77.6 Å². The molecule has 0 aliphatic rings. The molecule has 2 nitrogen and oxygen atoms in total. The zero-order valence-electron chi connectivity index (χ0n) is 7.42. The number of hydrogen-bond donors (Lipinski definition) is 2. The monoisotopic (exact) mass is 184 g/mol. The average molecular weight is 184 g/mol. The molecule has 0 amide bonds. The first kappa shape index (κ1) is 9.71. The van der Waals surface area contributed by atoms with E-state index in [1.54, 1.807) is 11.3 Å². The van der Waals surface area contributed by atoms with Crippen molar-refractivity contribution in [1.82, 2.24) is 0 Å². The Morgan fingerprint density at radius 2 is 2.33 bits per heavy atom. The van der Waals surface area contributed by atoms with Crippen LogP contribution < -0.4 is 11.5 Å². The molecule has 3 heteroatoms. The van der Waals surface area contributed by atoms with Gasteiger partial charge in [-0.25, -0.2) is 0 Å². The predicted octanol–water partition coefficient (Wildman–Crippen LogP) is 1.80. The lowest BCUT2D eigenvalue weighted by atomic mass is 10.1. The molecule has 1 aromatic rings. The highest BCUT2D eigenvalue weighted by atomic mass is 32.1. The normalized spacial score (nSPS) is 13.2. The van der Waals surface area contributed by atoms with E-state index in [9.17, 15) is 0 Å². The van der Waals surface area contributed by atoms with Crippen molar-refractivity contribution in [3.05, 3.63) is 21.9 Å². The summed E-state index contributed by atoms with van der Waals surface area (Å²) in [7, 11) is 0. The van der Waals surface area contributed by atoms with Crippen molar-refractivity contribution >= 4 is 11.3 Å². The SMILES string of the molecule is Cc1ccsc1[C@H](N)CCCN. The van der Waals surface area contributed by atoms with Gasteiger partial charge in [0.15, 0.2) is 0 Å². The molecule has 1 atom stereocenters. The van der Waals surface area contributed by atoms with Crippen LogP contribution in [0.4, 0.5) is 0 Å². The van der Waals surface area contributed by atoms with E-state index < -0.39 is 0 Å². The van der Waals surface area contributed by atoms with Crippen LogP contribution in [0.15, 0.2) is 11.4 Å². The molecule has 4 N–H and O–H groups in total. The van der Waals surface area contributed by atoms with Crippen LogP contribution in [0.5, 0.6) is 0 Å². The summed E-state index contributed by atoms with van der Waals surface area (Å²) in [5.41, 5.74) is 12.7. The minimum Gasteiger partial charge on any atom is -0.330 e. The van der Waals surface area contributed by atoms with Crippen molar-refractivity contribution in [3.63, 3.8) is 0 Å². The van der Waals surface area contributed by atoms with E-state index in [0.717, 1.165) is 19.4 Å². The third-order valence-corrected chi connectivity index (χ3v) is 3.11. The summed E-state index contributed by atoms with van der Waals surface area (Å²) in [6, 6.07) is 2.30. The Hall–Kier alpha value is -0.380. The first-order valence-electron chi connectivity index (χ1n) is 4.25. The van der Waals surface area contributed by atoms with Crippen molar-refractivity contribution in [2.75, 3.05) is 6.54 Å². The molecule has 1 aromatic heterocycles. The summed E-state index contributed by atoms with van der Waals surface area (Å²) in [5, 5.41) is 2.09. The van der Waals surface area contributed by atoms with Crippen LogP contribution in [-0.2, 0) is 0 Å². The molecule has 1 heterocycles. The van der Waals surface area contributed by atoms with Crippen LogP contribution in [-0.4, -0.2) is 6.54 Å². The average Bonchev–Trinajstić information content (AvgIpc) is 2.47. The van der Waals surface area contributed by atoms with E-state index in [1.807, 2.05) is 0 Å². The maximum absolute atomic E-state index is 5.98. The first-order chi connectivity index (χ1) is 5.75. The summed E-state index contributed by atoms with van der Waals surface area (Å²) >= 11 is 1.74. The quantitative estimate of drug-likeness (QED) is 0.749. The van der Waals surface area contributed by atoms with Gasteiger partial charge in [0.2, 0.25) is 0 Å². The van der Waals surface area contributed by atoms with E-state index in [4.69, 9.17) is 11.5 Å². The number of aryl methyl sites for hydroxylation is 1. The Balaban J connectivity index is 2.52. The van der Waals surface area contributed by atoms with Gasteiger partial charge in [-0.2, -0.15) is 0 Å². The van der Waals surface area contributed by atoms with E-state index in [1.165, 1.54) is 10.4 Å². The van der Waals surface area contributed by atoms with Crippen LogP contribution in [0.1, 0.15) is 29.3 Å². The van der Waals surface area contributed by atoms with Gasteiger partial charge >= 0.3 is 0 Å². The lowest BCUT2D eigenvalue weighted by Crippen LogP contribution is -2.11. The van der Waals surface area contributed by atoms with Crippen LogP contribution >= 0.6 is 11.3 Å². The molecule has 1 rings (SSSR count). The van der Waals surface area contributed by atoms with Gasteiger partial charge in [-0.15, -0.1) is 11.3 Å². The standard InChI is InChI=1S/C9H16N2S/c1-7-4-6-12-9(7)8(11)3-2-5-10/h4,6,8H,2-3,5,10-11H2,1H3/t8-/m1/s1. The van der Waals surface area contributed by atoms with E-state index in [2.05, 4.69) is 18.4 Å². The molecule has 12 heavy (non-hydrogen) atoms. The molecule has 0 saturated heterocycles. The lowest BCUT2D eigenvalue weighted by Gasteiger charge is -2.09. The maximum atomic E-state index is 5.98. The molecule has 0 aliphatic carbocycles. The molecule has 0 fully saturated rings. The highest BCUT2D eigenvalue weighted by molar-refractivity contribution is 7.10. The molecule has 0 bridgehead atoms. The molecular formula is C9H16N2S. The Bertz CT molecular complexity index is 232. The van der Waals surface area contributed by atoms with Gasteiger partial charge in [-0.1, -0.05) is 0 Å². The minimum absolute atomic E-state index is 0.188. The van der Waals surface area contributed by atoms with Gasteiger partial charge in [0.25, 0.3) is 0 Å². The summed E-state index contributed by atoms with van der Waals surface area (Å²) in [4.78, 5) is 1.31. The van der Waals surface area contributed by atoms with Gasteiger partial charge in [-0.05, 0) is 43.3 Å². The van der Waals surface area contributed by atoms with Crippen LogP contribution in [0.3, 0.4) is 0 Å². The molecule has 0 unspecified atom stereocenters. The van der Waals surface area contributed by atoms with Crippen LogP contribution in [0, 0.1) is 6.92 Å². The molecule has 0 aliphatic heterocycles. The van der Waals surface area contributed by atoms with Crippen molar-refractivity contribution < 1.29 is 0 Å². The molecule has 0 saturated carbocycles. The number of thiophene rings is 1. The van der Waals surface area contributed by atoms with Crippen LogP contribution in [0.25, 0.3) is 0 Å². The van der Waals surface area contributed by atoms with E-state index in [-0.39, 0.29) is 6.04 Å². The molecule has 0 radical (unpaired) electrons. The predicted molar refractivity (Wildman–Crippen MR) is 54.3 cm³/mol. The Morgan fingerprint density at radius 1 is 1.58 bits per heavy atom. The van der Waals surface area contributed by atoms with E-state index >= 15 is 0 Å². The van der Waals surface area contributed by atoms with Gasteiger partial charge in [0, 0.05) is 10.9 Å². The summed E-state index contributed by atoms with van der Waals surface area (Å²) in [5.74, 6) is 0. The molecular weight excluding hydrogens is 168 g/mol. The highest BCUT2D eigenvalue weighted by Crippen LogP contribution is 2.24. The lowest BCUT2D eigenvalue weighted by molar-refractivity contribution is 0.624. The number of nitrogens with two attached hydrogens (primary N) is 2. The third-order valence-electron chi connectivity index (χ3n) is 1.96. The van der Waals surface area contributed by atoms with Crippen molar-refractivity contribution in [3.8, 4) is 0 Å². The van der Waals surface area contributed by atoms with Gasteiger partial charge in [0.05, 0.1) is 0 Å². The Morgan fingerprint density at radius 3 is 2.83 bits per heavy atom. The fourth-order valence-electron chi connectivity index (χ4n) is 1.23. The number of hydrogen-bond acceptors (Lipinski definition) is 3. The second-order valence-corrected chi connectivity index (χ2v) is 3.95. The van der Waals surface area contributed by atoms with Gasteiger partial charge in [0.1, 0.15) is 0 Å². The van der Waals surface area contributed by atoms with Crippen molar-refractivity contribution in [2.24, 2.45) is 11.5 Å². The largest absolute Gasteiger partial charge is 0.330 e. The van der Waals surface area contributed by atoms with Crippen LogP contribution in [0.2, 0.25) is 0 Å². The third kappa shape index (κ3) is 2.30. The topological polar surface area (TPSA) is 52.0 Å². The summed E-state index contributed by atoms with van der Waals surface area (Å²) < 4.78 is 0. The van der Waals surface area contributed by atoms with Gasteiger partial charge in [-0.3, -0.25) is 0 Å². The van der Waals surface area contributed by atoms with E-state index in [0.29, 0.717) is 0 Å². The van der Waals surface area contributed by atoms with Gasteiger partial charge < -0.3 is 11.5 Å². The van der Waals surface area contributed by atoms with Crippen molar-refractivity contribution in [1.29, 1.82) is 0 Å². The second-order valence-electron chi connectivity index (χ2n) is 3.01. The summed E-state index contributed by atoms with van der Waals surface area (Å²) in [6.45, 7) is 2.84. The fourth-order valence-corrected chi connectivity index (χ4v) is 2.20. The minimum atomic E-state index is 0.188. The smallest absolute Gasteiger partial charge is 0.0392 e. The fraction of sp³-hybridized carbons (Fsp3) is 0.556. The second kappa shape index (κ2) is 4.60. The summed E-state index contributed by atoms with van der Waals surface area (Å²) in [6.07, 6.45) is 2.01. The molecule has 0 aromatic carbocycles. The molecule has 68 valence electrons.